The molecule has 2 N–H and O–H groups in total. The van der Waals surface area contributed by atoms with E-state index >= 15 is 0 Å². The summed E-state index contributed by atoms with van der Waals surface area (Å²) >= 11 is 6.11. The summed E-state index contributed by atoms with van der Waals surface area (Å²) in [5.41, 5.74) is 0.874. The highest BCUT2D eigenvalue weighted by atomic mass is 35.5. The van der Waals surface area contributed by atoms with Gasteiger partial charge in [0.05, 0.1) is 17.0 Å². The Hall–Kier alpha value is -2.09. The van der Waals surface area contributed by atoms with Crippen LogP contribution in [0.15, 0.2) is 53.4 Å². The number of benzene rings is 2. The quantitative estimate of drug-likeness (QED) is 0.576. The molecule has 1 aliphatic carbocycles. The molecule has 3 rings (SSSR count). The van der Waals surface area contributed by atoms with Crippen LogP contribution in [0.2, 0.25) is 5.02 Å². The van der Waals surface area contributed by atoms with E-state index in [1.165, 1.54) is 38.2 Å². The topological polar surface area (TPSA) is 84.5 Å². The number of hydrogen-bond donors (Lipinski definition) is 2. The predicted octanol–water partition coefficient (Wildman–Crippen LogP) is 4.08. The summed E-state index contributed by atoms with van der Waals surface area (Å²) < 4.78 is 33.8. The van der Waals surface area contributed by atoms with Crippen LogP contribution in [0.25, 0.3) is 0 Å². The Kier molecular flexibility index (Phi) is 8.35. The molecule has 0 spiro atoms. The van der Waals surface area contributed by atoms with Crippen molar-refractivity contribution in [3.8, 4) is 5.75 Å². The van der Waals surface area contributed by atoms with E-state index in [0.717, 1.165) is 31.2 Å². The summed E-state index contributed by atoms with van der Waals surface area (Å²) in [7, 11) is -2.51. The maximum atomic E-state index is 13.1. The zero-order valence-corrected chi connectivity index (χ0v) is 19.2. The van der Waals surface area contributed by atoms with Crippen LogP contribution in [0, 0.1) is 0 Å². The van der Waals surface area contributed by atoms with Gasteiger partial charge in [-0.2, -0.15) is 4.72 Å². The lowest BCUT2D eigenvalue weighted by atomic mass is 10.0. The van der Waals surface area contributed by atoms with Gasteiger partial charge >= 0.3 is 0 Å². The van der Waals surface area contributed by atoms with Gasteiger partial charge in [-0.25, -0.2) is 8.42 Å². The first-order valence-corrected chi connectivity index (χ1v) is 12.5. The molecule has 0 bridgehead atoms. The van der Waals surface area contributed by atoms with E-state index in [1.54, 1.807) is 0 Å². The second-order valence-electron chi connectivity index (χ2n) is 7.86. The molecule has 0 heterocycles. The second kappa shape index (κ2) is 11.0. The minimum atomic E-state index is -3.97. The van der Waals surface area contributed by atoms with E-state index in [-0.39, 0.29) is 28.3 Å². The lowest BCUT2D eigenvalue weighted by Crippen LogP contribution is -2.50. The average Bonchev–Trinajstić information content (AvgIpc) is 3.02. The van der Waals surface area contributed by atoms with Gasteiger partial charge in [-0.3, -0.25) is 4.79 Å². The van der Waals surface area contributed by atoms with Crippen molar-refractivity contribution in [2.75, 3.05) is 7.11 Å². The Morgan fingerprint density at radius 1 is 1.10 bits per heavy atom. The maximum absolute atomic E-state index is 13.1. The summed E-state index contributed by atoms with van der Waals surface area (Å²) in [5.74, 6) is 0.0755. The molecule has 168 valence electrons. The predicted molar refractivity (Wildman–Crippen MR) is 122 cm³/mol. The first kappa shape index (κ1) is 23.6. The molecule has 1 aliphatic rings. The number of ether oxygens (including phenoxy) is 1. The highest BCUT2D eigenvalue weighted by Gasteiger charge is 2.28. The summed E-state index contributed by atoms with van der Waals surface area (Å²) in [6, 6.07) is 12.8. The first-order chi connectivity index (χ1) is 14.9. The van der Waals surface area contributed by atoms with E-state index in [0.29, 0.717) is 5.75 Å². The number of hydrogen-bond acceptors (Lipinski definition) is 4. The van der Waals surface area contributed by atoms with Gasteiger partial charge in [-0.15, -0.1) is 0 Å². The number of carbonyl (C=O) groups is 1. The normalized spacial score (nSPS) is 16.3. The number of carbonyl (C=O) groups excluding carboxylic acids is 1. The van der Waals surface area contributed by atoms with E-state index in [9.17, 15) is 13.2 Å². The molecule has 31 heavy (non-hydrogen) atoms. The van der Waals surface area contributed by atoms with Gasteiger partial charge < -0.3 is 10.1 Å². The lowest BCUT2D eigenvalue weighted by Gasteiger charge is -2.23. The van der Waals surface area contributed by atoms with Crippen molar-refractivity contribution in [2.24, 2.45) is 0 Å². The molecular formula is C23H29ClN2O4S. The van der Waals surface area contributed by atoms with Crippen LogP contribution in [-0.4, -0.2) is 33.5 Å². The lowest BCUT2D eigenvalue weighted by molar-refractivity contribution is -0.123. The van der Waals surface area contributed by atoms with E-state index in [1.807, 2.05) is 30.3 Å². The minimum Gasteiger partial charge on any atom is -0.495 e. The van der Waals surface area contributed by atoms with Gasteiger partial charge in [0.15, 0.2) is 0 Å². The average molecular weight is 465 g/mol. The Balaban J connectivity index is 1.81. The van der Waals surface area contributed by atoms with Gasteiger partial charge in [0, 0.05) is 6.04 Å². The number of nitrogens with one attached hydrogen (secondary N) is 2. The Labute approximate surface area is 189 Å². The minimum absolute atomic E-state index is 0.0152. The molecular weight excluding hydrogens is 436 g/mol. The van der Waals surface area contributed by atoms with Gasteiger partial charge in [0.2, 0.25) is 15.9 Å². The first-order valence-electron chi connectivity index (χ1n) is 10.6. The van der Waals surface area contributed by atoms with Crippen molar-refractivity contribution >= 4 is 27.5 Å². The third-order valence-electron chi connectivity index (χ3n) is 5.53. The number of halogens is 1. The van der Waals surface area contributed by atoms with Crippen molar-refractivity contribution in [3.63, 3.8) is 0 Å². The van der Waals surface area contributed by atoms with Crippen molar-refractivity contribution in [1.82, 2.24) is 10.0 Å². The molecule has 2 aromatic rings. The molecule has 0 saturated heterocycles. The summed E-state index contributed by atoms with van der Waals surface area (Å²) in [6.07, 6.45) is 6.59. The number of methoxy groups -OCH3 is 1. The molecule has 1 fully saturated rings. The molecule has 1 saturated carbocycles. The van der Waals surface area contributed by atoms with Gasteiger partial charge in [-0.05, 0) is 43.0 Å². The number of amides is 1. The molecule has 0 aliphatic heterocycles. The van der Waals surface area contributed by atoms with E-state index < -0.39 is 16.1 Å². The summed E-state index contributed by atoms with van der Waals surface area (Å²) in [6.45, 7) is 0. The molecule has 1 atom stereocenters. The van der Waals surface area contributed by atoms with Crippen LogP contribution >= 0.6 is 11.6 Å². The zero-order chi connectivity index (χ0) is 22.3. The Bertz CT molecular complexity index is 974. The summed E-state index contributed by atoms with van der Waals surface area (Å²) in [5, 5.41) is 3.26. The van der Waals surface area contributed by atoms with Gasteiger partial charge in [0.1, 0.15) is 11.8 Å². The van der Waals surface area contributed by atoms with Crippen LogP contribution in [0.5, 0.6) is 5.75 Å². The van der Waals surface area contributed by atoms with E-state index in [4.69, 9.17) is 16.3 Å². The van der Waals surface area contributed by atoms with Crippen LogP contribution in [0.4, 0.5) is 0 Å². The third-order valence-corrected chi connectivity index (χ3v) is 7.30. The molecule has 8 heteroatoms. The van der Waals surface area contributed by atoms with E-state index in [2.05, 4.69) is 10.0 Å². The fourth-order valence-electron chi connectivity index (χ4n) is 3.83. The highest BCUT2D eigenvalue weighted by Crippen LogP contribution is 2.27. The maximum Gasteiger partial charge on any atom is 0.241 e. The molecule has 1 amide bonds. The van der Waals surface area contributed by atoms with Crippen LogP contribution < -0.4 is 14.8 Å². The van der Waals surface area contributed by atoms with Gasteiger partial charge in [0.25, 0.3) is 0 Å². The molecule has 2 aromatic carbocycles. The van der Waals surface area contributed by atoms with Gasteiger partial charge in [-0.1, -0.05) is 67.6 Å². The SMILES string of the molecule is COc1ccc(S(=O)(=O)NC(Cc2ccccc2)C(=O)NC2CCCCCC2)cc1Cl. The van der Waals surface area contributed by atoms with Crippen LogP contribution in [0.1, 0.15) is 44.1 Å². The monoisotopic (exact) mass is 464 g/mol. The van der Waals surface area contributed by atoms with Crippen molar-refractivity contribution in [1.29, 1.82) is 0 Å². The molecule has 0 radical (unpaired) electrons. The van der Waals surface area contributed by atoms with Crippen molar-refractivity contribution in [3.05, 3.63) is 59.1 Å². The fraction of sp³-hybridized carbons (Fsp3) is 0.435. The van der Waals surface area contributed by atoms with Crippen LogP contribution in [0.3, 0.4) is 0 Å². The summed E-state index contributed by atoms with van der Waals surface area (Å²) in [4.78, 5) is 13.1. The standard InChI is InChI=1S/C23H29ClN2O4S/c1-30-22-14-13-19(16-20(22)24)31(28,29)26-21(15-17-9-5-4-6-10-17)23(27)25-18-11-7-2-3-8-12-18/h4-6,9-10,13-14,16,18,21,26H,2-3,7-8,11-12,15H2,1H3,(H,25,27). The molecule has 0 aromatic heterocycles. The fourth-order valence-corrected chi connectivity index (χ4v) is 5.38. The van der Waals surface area contributed by atoms with Crippen LogP contribution in [-0.2, 0) is 21.2 Å². The Morgan fingerprint density at radius 2 is 1.77 bits per heavy atom. The number of rotatable bonds is 8. The largest absolute Gasteiger partial charge is 0.495 e. The molecule has 1 unspecified atom stereocenters. The smallest absolute Gasteiger partial charge is 0.241 e. The van der Waals surface area contributed by atoms with Crippen molar-refractivity contribution in [2.45, 2.75) is 61.9 Å². The second-order valence-corrected chi connectivity index (χ2v) is 9.98. The zero-order valence-electron chi connectivity index (χ0n) is 17.6. The highest BCUT2D eigenvalue weighted by molar-refractivity contribution is 7.89. The molecule has 6 nitrogen and oxygen atoms in total. The third kappa shape index (κ3) is 6.69. The van der Waals surface area contributed by atoms with Crippen molar-refractivity contribution < 1.29 is 17.9 Å². The number of sulfonamides is 1. The Morgan fingerprint density at radius 3 is 2.39 bits per heavy atom.